The Hall–Kier alpha value is -1.33. The number of hydrogen-bond acceptors (Lipinski definition) is 3. The molecular weight excluding hydrogens is 334 g/mol. The van der Waals surface area contributed by atoms with E-state index >= 15 is 0 Å². The number of benzene rings is 1. The molecule has 0 unspecified atom stereocenters. The van der Waals surface area contributed by atoms with E-state index in [1.165, 1.54) is 12.8 Å². The minimum absolute atomic E-state index is 0.117. The first-order valence-corrected chi connectivity index (χ1v) is 10.7. The van der Waals surface area contributed by atoms with Gasteiger partial charge >= 0.3 is 0 Å². The van der Waals surface area contributed by atoms with Crippen molar-refractivity contribution in [3.8, 4) is 5.75 Å². The molecule has 0 heterocycles. The molecule has 1 fully saturated rings. The summed E-state index contributed by atoms with van der Waals surface area (Å²) in [6.45, 7) is 7.55. The van der Waals surface area contributed by atoms with Crippen molar-refractivity contribution in [3.05, 3.63) is 42.0 Å². The number of rotatable bonds is 10. The van der Waals surface area contributed by atoms with E-state index in [0.717, 1.165) is 24.3 Å². The summed E-state index contributed by atoms with van der Waals surface area (Å²) in [5.41, 5.74) is 1.15. The van der Waals surface area contributed by atoms with Gasteiger partial charge < -0.3 is 4.74 Å². The zero-order valence-corrected chi connectivity index (χ0v) is 16.4. The first-order valence-electron chi connectivity index (χ1n) is 9.08. The highest BCUT2D eigenvalue weighted by molar-refractivity contribution is 7.89. The molecule has 1 aromatic rings. The van der Waals surface area contributed by atoms with Crippen LogP contribution >= 0.6 is 0 Å². The molecule has 1 aliphatic carbocycles. The van der Waals surface area contributed by atoms with Gasteiger partial charge in [0.2, 0.25) is 10.0 Å². The summed E-state index contributed by atoms with van der Waals surface area (Å²) in [6.07, 6.45) is 8.02. The maximum Gasteiger partial charge on any atom is 0.212 e. The van der Waals surface area contributed by atoms with Crippen LogP contribution in [-0.4, -0.2) is 20.8 Å². The van der Waals surface area contributed by atoms with E-state index < -0.39 is 10.0 Å². The number of hydrogen-bond donors (Lipinski definition) is 1. The van der Waals surface area contributed by atoms with Crippen LogP contribution in [0.1, 0.15) is 52.0 Å². The molecule has 0 amide bonds. The molecule has 2 rings (SSSR count). The maximum atomic E-state index is 12.1. The van der Waals surface area contributed by atoms with Crippen molar-refractivity contribution >= 4 is 10.0 Å². The van der Waals surface area contributed by atoms with E-state index in [4.69, 9.17) is 4.74 Å². The van der Waals surface area contributed by atoms with Crippen LogP contribution < -0.4 is 9.46 Å². The highest BCUT2D eigenvalue weighted by atomic mass is 32.2. The van der Waals surface area contributed by atoms with Gasteiger partial charge in [-0.1, -0.05) is 45.1 Å². The summed E-state index contributed by atoms with van der Waals surface area (Å²) >= 11 is 0. The average Bonchev–Trinajstić information content (AvgIpc) is 3.34. The second-order valence-electron chi connectivity index (χ2n) is 8.07. The first kappa shape index (κ1) is 20.0. The summed E-state index contributed by atoms with van der Waals surface area (Å²) in [7, 11) is -3.27. The molecule has 1 N–H and O–H groups in total. The molecule has 0 bridgehead atoms. The Kier molecular flexibility index (Phi) is 7.08. The Morgan fingerprint density at radius 2 is 2.00 bits per heavy atom. The molecule has 1 saturated carbocycles. The molecular formula is C20H31NO3S. The number of nitrogens with one attached hydrogen (secondary N) is 1. The van der Waals surface area contributed by atoms with Crippen LogP contribution in [0.25, 0.3) is 0 Å². The number of ether oxygens (including phenoxy) is 1. The van der Waals surface area contributed by atoms with Gasteiger partial charge in [0.1, 0.15) is 5.75 Å². The van der Waals surface area contributed by atoms with Crippen LogP contribution in [0.3, 0.4) is 0 Å². The lowest BCUT2D eigenvalue weighted by atomic mass is 9.92. The van der Waals surface area contributed by atoms with Gasteiger partial charge in [-0.2, -0.15) is 0 Å². The molecule has 0 aliphatic heterocycles. The first-order chi connectivity index (χ1) is 11.7. The van der Waals surface area contributed by atoms with Gasteiger partial charge in [-0.05, 0) is 54.7 Å². The zero-order chi connectivity index (χ0) is 18.3. The van der Waals surface area contributed by atoms with E-state index in [9.17, 15) is 8.42 Å². The molecule has 0 radical (unpaired) electrons. The average molecular weight is 366 g/mol. The van der Waals surface area contributed by atoms with Crippen LogP contribution in [0.5, 0.6) is 5.75 Å². The third-order valence-electron chi connectivity index (χ3n) is 4.03. The Morgan fingerprint density at radius 3 is 2.68 bits per heavy atom. The van der Waals surface area contributed by atoms with Gasteiger partial charge in [0.25, 0.3) is 0 Å². The van der Waals surface area contributed by atoms with Crippen molar-refractivity contribution in [2.75, 3.05) is 12.4 Å². The normalized spacial score (nSPS) is 15.6. The Morgan fingerprint density at radius 1 is 1.24 bits per heavy atom. The van der Waals surface area contributed by atoms with Crippen LogP contribution in [0.4, 0.5) is 0 Å². The minimum Gasteiger partial charge on any atom is -0.493 e. The second kappa shape index (κ2) is 8.86. The molecule has 5 heteroatoms. The van der Waals surface area contributed by atoms with Crippen molar-refractivity contribution in [3.63, 3.8) is 0 Å². The maximum absolute atomic E-state index is 12.1. The summed E-state index contributed by atoms with van der Waals surface area (Å²) in [5.74, 6) is 1.63. The number of sulfonamides is 1. The van der Waals surface area contributed by atoms with Crippen molar-refractivity contribution < 1.29 is 13.2 Å². The fourth-order valence-electron chi connectivity index (χ4n) is 2.29. The van der Waals surface area contributed by atoms with E-state index in [0.29, 0.717) is 18.9 Å². The molecule has 140 valence electrons. The largest absolute Gasteiger partial charge is 0.493 e. The van der Waals surface area contributed by atoms with Gasteiger partial charge in [-0.15, -0.1) is 0 Å². The van der Waals surface area contributed by atoms with Gasteiger partial charge in [0.05, 0.1) is 12.4 Å². The third-order valence-corrected chi connectivity index (χ3v) is 5.38. The predicted molar refractivity (Wildman–Crippen MR) is 103 cm³/mol. The topological polar surface area (TPSA) is 55.4 Å². The van der Waals surface area contributed by atoms with Crippen LogP contribution in [0.2, 0.25) is 0 Å². The fraction of sp³-hybridized carbons (Fsp3) is 0.600. The van der Waals surface area contributed by atoms with Gasteiger partial charge in [0, 0.05) is 6.54 Å². The van der Waals surface area contributed by atoms with Gasteiger partial charge in [-0.25, -0.2) is 13.1 Å². The summed E-state index contributed by atoms with van der Waals surface area (Å²) in [5, 5.41) is 0. The molecule has 0 atom stereocenters. The van der Waals surface area contributed by atoms with Crippen molar-refractivity contribution in [2.24, 2.45) is 11.3 Å². The highest BCUT2D eigenvalue weighted by Gasteiger charge is 2.21. The molecule has 1 aliphatic rings. The quantitative estimate of drug-likeness (QED) is 0.630. The highest BCUT2D eigenvalue weighted by Crippen LogP contribution is 2.29. The Labute approximate surface area is 152 Å². The Balaban J connectivity index is 1.74. The van der Waals surface area contributed by atoms with E-state index in [-0.39, 0.29) is 11.2 Å². The van der Waals surface area contributed by atoms with E-state index in [1.54, 1.807) is 0 Å². The SMILES string of the molecule is CC(C)(C)C/C=C/CCS(=O)(=O)NCc1cccc(OCC2CC2)c1. The molecule has 0 aromatic heterocycles. The van der Waals surface area contributed by atoms with Crippen molar-refractivity contribution in [2.45, 2.75) is 53.0 Å². The van der Waals surface area contributed by atoms with Crippen molar-refractivity contribution in [1.29, 1.82) is 0 Å². The smallest absolute Gasteiger partial charge is 0.212 e. The number of allylic oxidation sites excluding steroid dienone is 2. The second-order valence-corrected chi connectivity index (χ2v) is 9.99. The standard InChI is InChI=1S/C20H31NO3S/c1-20(2,3)12-5-4-6-13-25(22,23)21-15-18-8-7-9-19(14-18)24-16-17-10-11-17/h4-5,7-9,14,17,21H,6,10-13,15-16H2,1-3H3/b5-4+. The van der Waals surface area contributed by atoms with Crippen molar-refractivity contribution in [1.82, 2.24) is 4.72 Å². The Bertz CT molecular complexity index is 670. The molecule has 25 heavy (non-hydrogen) atoms. The zero-order valence-electron chi connectivity index (χ0n) is 15.6. The fourth-order valence-corrected chi connectivity index (χ4v) is 3.26. The molecule has 0 saturated heterocycles. The van der Waals surface area contributed by atoms with Crippen LogP contribution in [0, 0.1) is 11.3 Å². The predicted octanol–water partition coefficient (Wildman–Crippen LogP) is 4.28. The van der Waals surface area contributed by atoms with Gasteiger partial charge in [-0.3, -0.25) is 0 Å². The lowest BCUT2D eigenvalue weighted by molar-refractivity contribution is 0.299. The van der Waals surface area contributed by atoms with Crippen LogP contribution in [-0.2, 0) is 16.6 Å². The lowest BCUT2D eigenvalue weighted by Crippen LogP contribution is -2.25. The van der Waals surface area contributed by atoms with E-state index in [1.807, 2.05) is 30.3 Å². The summed E-state index contributed by atoms with van der Waals surface area (Å²) in [4.78, 5) is 0. The minimum atomic E-state index is -3.27. The molecule has 4 nitrogen and oxygen atoms in total. The summed E-state index contributed by atoms with van der Waals surface area (Å²) in [6, 6.07) is 7.64. The van der Waals surface area contributed by atoms with Crippen LogP contribution in [0.15, 0.2) is 36.4 Å². The summed E-state index contributed by atoms with van der Waals surface area (Å²) < 4.78 is 32.6. The van der Waals surface area contributed by atoms with Gasteiger partial charge in [0.15, 0.2) is 0 Å². The molecule has 0 spiro atoms. The lowest BCUT2D eigenvalue weighted by Gasteiger charge is -2.14. The van der Waals surface area contributed by atoms with E-state index in [2.05, 4.69) is 31.6 Å². The third kappa shape index (κ3) is 9.07. The molecule has 1 aromatic carbocycles. The monoisotopic (exact) mass is 365 g/mol.